The van der Waals surface area contributed by atoms with Crippen LogP contribution in [0, 0.1) is 0 Å². The Morgan fingerprint density at radius 3 is 2.65 bits per heavy atom. The fraction of sp³-hybridized carbons (Fsp3) is 0.133. The lowest BCUT2D eigenvalue weighted by Crippen LogP contribution is -1.78. The van der Waals surface area contributed by atoms with Crippen molar-refractivity contribution in [2.45, 2.75) is 13.3 Å². The van der Waals surface area contributed by atoms with Crippen LogP contribution in [0.4, 0.5) is 0 Å². The molecule has 0 spiro atoms. The summed E-state index contributed by atoms with van der Waals surface area (Å²) < 4.78 is 5.66. The molecule has 2 aromatic carbocycles. The third-order valence-corrected chi connectivity index (χ3v) is 2.90. The number of fused-ring (bicyclic) bond motifs is 1. The highest BCUT2D eigenvalue weighted by atomic mass is 16.4. The lowest BCUT2D eigenvalue weighted by molar-refractivity contribution is 0.524. The highest BCUT2D eigenvalue weighted by Gasteiger charge is 2.05. The van der Waals surface area contributed by atoms with Gasteiger partial charge in [0.05, 0.1) is 6.20 Å². The molecule has 84 valence electrons. The molecule has 1 heterocycles. The van der Waals surface area contributed by atoms with Crippen molar-refractivity contribution in [3.8, 4) is 11.5 Å². The minimum absolute atomic E-state index is 0.701. The van der Waals surface area contributed by atoms with Crippen LogP contribution >= 0.6 is 0 Å². The smallest absolute Gasteiger partial charge is 0.226 e. The van der Waals surface area contributed by atoms with E-state index in [1.165, 1.54) is 10.8 Å². The minimum atomic E-state index is 0.701. The van der Waals surface area contributed by atoms with Gasteiger partial charge in [-0.1, -0.05) is 37.3 Å². The normalized spacial score (nSPS) is 10.9. The van der Waals surface area contributed by atoms with Crippen molar-refractivity contribution in [2.75, 3.05) is 0 Å². The van der Waals surface area contributed by atoms with E-state index in [1.807, 2.05) is 18.2 Å². The number of oxazole rings is 1. The fourth-order valence-corrected chi connectivity index (χ4v) is 1.93. The average molecular weight is 223 g/mol. The van der Waals surface area contributed by atoms with Gasteiger partial charge in [-0.2, -0.15) is 0 Å². The summed E-state index contributed by atoms with van der Waals surface area (Å²) in [5, 5.41) is 2.44. The van der Waals surface area contributed by atoms with Gasteiger partial charge in [0, 0.05) is 12.0 Å². The predicted octanol–water partition coefficient (Wildman–Crippen LogP) is 4.06. The van der Waals surface area contributed by atoms with E-state index in [9.17, 15) is 0 Å². The fourth-order valence-electron chi connectivity index (χ4n) is 1.93. The molecule has 0 fully saturated rings. The maximum absolute atomic E-state index is 5.66. The number of nitrogens with zero attached hydrogens (tertiary/aromatic N) is 1. The van der Waals surface area contributed by atoms with E-state index in [4.69, 9.17) is 4.42 Å². The third-order valence-electron chi connectivity index (χ3n) is 2.90. The molecule has 1 aromatic heterocycles. The average Bonchev–Trinajstić information content (AvgIpc) is 2.87. The number of aryl methyl sites for hydroxylation is 1. The highest BCUT2D eigenvalue weighted by Crippen LogP contribution is 2.24. The molecule has 17 heavy (non-hydrogen) atoms. The number of hydrogen-bond acceptors (Lipinski definition) is 2. The molecule has 0 saturated carbocycles. The monoisotopic (exact) mass is 223 g/mol. The molecule has 0 amide bonds. The van der Waals surface area contributed by atoms with Gasteiger partial charge in [-0.05, 0) is 22.9 Å². The molecule has 0 bridgehead atoms. The number of aromatic nitrogens is 1. The predicted molar refractivity (Wildman–Crippen MR) is 68.8 cm³/mol. The molecule has 2 heteroatoms. The first kappa shape index (κ1) is 10.1. The number of hydrogen-bond donors (Lipinski definition) is 0. The summed E-state index contributed by atoms with van der Waals surface area (Å²) in [6, 6.07) is 14.5. The maximum Gasteiger partial charge on any atom is 0.226 e. The van der Waals surface area contributed by atoms with Crippen molar-refractivity contribution in [3.63, 3.8) is 0 Å². The number of rotatable bonds is 2. The van der Waals surface area contributed by atoms with Crippen LogP contribution in [0.1, 0.15) is 12.7 Å². The van der Waals surface area contributed by atoms with Crippen molar-refractivity contribution in [3.05, 3.63) is 54.4 Å². The summed E-state index contributed by atoms with van der Waals surface area (Å²) in [4.78, 5) is 4.30. The molecule has 0 radical (unpaired) electrons. The zero-order valence-electron chi connectivity index (χ0n) is 9.68. The molecule has 3 aromatic rings. The summed E-state index contributed by atoms with van der Waals surface area (Å²) in [7, 11) is 0. The van der Waals surface area contributed by atoms with Crippen LogP contribution < -0.4 is 0 Å². The van der Waals surface area contributed by atoms with Crippen molar-refractivity contribution in [1.82, 2.24) is 4.98 Å². The van der Waals surface area contributed by atoms with Gasteiger partial charge in [-0.3, -0.25) is 0 Å². The summed E-state index contributed by atoms with van der Waals surface area (Å²) >= 11 is 0. The van der Waals surface area contributed by atoms with E-state index >= 15 is 0 Å². The van der Waals surface area contributed by atoms with Crippen LogP contribution in [0.3, 0.4) is 0 Å². The first-order chi connectivity index (χ1) is 8.36. The Morgan fingerprint density at radius 2 is 1.88 bits per heavy atom. The van der Waals surface area contributed by atoms with E-state index in [1.54, 1.807) is 6.20 Å². The second-order valence-electron chi connectivity index (χ2n) is 4.05. The Bertz CT molecular complexity index is 655. The molecule has 0 aliphatic carbocycles. The van der Waals surface area contributed by atoms with E-state index in [-0.39, 0.29) is 0 Å². The van der Waals surface area contributed by atoms with E-state index in [0.29, 0.717) is 5.89 Å². The van der Waals surface area contributed by atoms with Gasteiger partial charge >= 0.3 is 0 Å². The molecular formula is C15H13NO. The van der Waals surface area contributed by atoms with Crippen molar-refractivity contribution >= 4 is 10.8 Å². The first-order valence-electron chi connectivity index (χ1n) is 5.80. The topological polar surface area (TPSA) is 26.0 Å². The van der Waals surface area contributed by atoms with Gasteiger partial charge in [0.15, 0.2) is 0 Å². The Morgan fingerprint density at radius 1 is 1.06 bits per heavy atom. The molecule has 2 nitrogen and oxygen atoms in total. The summed E-state index contributed by atoms with van der Waals surface area (Å²) in [6.45, 7) is 2.06. The summed E-state index contributed by atoms with van der Waals surface area (Å²) in [5.41, 5.74) is 1.03. The largest absolute Gasteiger partial charge is 0.441 e. The molecule has 0 saturated heterocycles. The van der Waals surface area contributed by atoms with Crippen LogP contribution in [-0.2, 0) is 6.42 Å². The van der Waals surface area contributed by atoms with E-state index in [0.717, 1.165) is 17.7 Å². The first-order valence-corrected chi connectivity index (χ1v) is 5.80. The van der Waals surface area contributed by atoms with Crippen LogP contribution in [0.5, 0.6) is 0 Å². The molecule has 0 N–H and O–H groups in total. The van der Waals surface area contributed by atoms with Crippen LogP contribution in [0.2, 0.25) is 0 Å². The van der Waals surface area contributed by atoms with E-state index < -0.39 is 0 Å². The Kier molecular flexibility index (Phi) is 2.41. The van der Waals surface area contributed by atoms with Crippen LogP contribution in [0.15, 0.2) is 53.1 Å². The maximum atomic E-state index is 5.66. The van der Waals surface area contributed by atoms with Crippen LogP contribution in [-0.4, -0.2) is 4.98 Å². The Balaban J connectivity index is 2.11. The SMILES string of the molecule is CCc1cnc(-c2ccc3ccccc3c2)o1. The molecule has 0 aliphatic heterocycles. The lowest BCUT2D eigenvalue weighted by Gasteiger charge is -1.99. The molecular weight excluding hydrogens is 210 g/mol. The van der Waals surface area contributed by atoms with Crippen molar-refractivity contribution in [1.29, 1.82) is 0 Å². The second kappa shape index (κ2) is 4.06. The molecule has 0 atom stereocenters. The van der Waals surface area contributed by atoms with Crippen molar-refractivity contribution < 1.29 is 4.42 Å². The standard InChI is InChI=1S/C15H13NO/c1-2-14-10-16-15(17-14)13-8-7-11-5-3-4-6-12(11)9-13/h3-10H,2H2,1H3. The highest BCUT2D eigenvalue weighted by molar-refractivity contribution is 5.86. The molecule has 0 aliphatic rings. The van der Waals surface area contributed by atoms with Gasteiger partial charge in [0.2, 0.25) is 5.89 Å². The minimum Gasteiger partial charge on any atom is -0.441 e. The summed E-state index contributed by atoms with van der Waals surface area (Å²) in [6.07, 6.45) is 2.67. The Labute approximate surface area is 99.9 Å². The van der Waals surface area contributed by atoms with Gasteiger partial charge in [-0.15, -0.1) is 0 Å². The molecule has 3 rings (SSSR count). The number of benzene rings is 2. The zero-order chi connectivity index (χ0) is 11.7. The van der Waals surface area contributed by atoms with Crippen molar-refractivity contribution in [2.24, 2.45) is 0 Å². The zero-order valence-corrected chi connectivity index (χ0v) is 9.68. The van der Waals surface area contributed by atoms with E-state index in [2.05, 4.69) is 36.2 Å². The van der Waals surface area contributed by atoms with Gasteiger partial charge in [-0.25, -0.2) is 4.98 Å². The second-order valence-corrected chi connectivity index (χ2v) is 4.05. The van der Waals surface area contributed by atoms with Gasteiger partial charge in [0.1, 0.15) is 5.76 Å². The third kappa shape index (κ3) is 1.82. The molecule has 0 unspecified atom stereocenters. The van der Waals surface area contributed by atoms with Gasteiger partial charge in [0.25, 0.3) is 0 Å². The Hall–Kier alpha value is -2.09. The lowest BCUT2D eigenvalue weighted by atomic mass is 10.1. The van der Waals surface area contributed by atoms with Gasteiger partial charge < -0.3 is 4.42 Å². The quantitative estimate of drug-likeness (QED) is 0.654. The summed E-state index contributed by atoms with van der Waals surface area (Å²) in [5.74, 6) is 1.63. The van der Waals surface area contributed by atoms with Crippen LogP contribution in [0.25, 0.3) is 22.2 Å².